The van der Waals surface area contributed by atoms with Crippen LogP contribution in [0.25, 0.3) is 5.69 Å². The molecule has 3 aliphatic carbocycles. The van der Waals surface area contributed by atoms with E-state index in [1.807, 2.05) is 16.8 Å². The lowest BCUT2D eigenvalue weighted by atomic mass is 9.93. The van der Waals surface area contributed by atoms with Crippen molar-refractivity contribution in [1.29, 1.82) is 0 Å². The summed E-state index contributed by atoms with van der Waals surface area (Å²) in [5, 5.41) is 8.10. The summed E-state index contributed by atoms with van der Waals surface area (Å²) in [5.74, 6) is 1.12. The molecule has 4 nitrogen and oxygen atoms in total. The van der Waals surface area contributed by atoms with Gasteiger partial charge in [-0.25, -0.2) is 4.68 Å². The van der Waals surface area contributed by atoms with Crippen molar-refractivity contribution in [2.75, 3.05) is 0 Å². The average Bonchev–Trinajstić information content (AvgIpc) is 3.36. The van der Waals surface area contributed by atoms with Crippen LogP contribution >= 0.6 is 15.9 Å². The predicted molar refractivity (Wildman–Crippen MR) is 105 cm³/mol. The number of nitrogens with one attached hydrogen (secondary N) is 1. The Morgan fingerprint density at radius 3 is 2.54 bits per heavy atom. The molecule has 3 aliphatic rings. The molecule has 5 rings (SSSR count). The molecule has 1 amide bonds. The van der Waals surface area contributed by atoms with Crippen LogP contribution in [0.1, 0.15) is 84.9 Å². The summed E-state index contributed by atoms with van der Waals surface area (Å²) < 4.78 is 3.10. The van der Waals surface area contributed by atoms with Crippen LogP contribution in [0.5, 0.6) is 0 Å². The zero-order chi connectivity index (χ0) is 17.7. The summed E-state index contributed by atoms with van der Waals surface area (Å²) in [5.41, 5.74) is 4.25. The van der Waals surface area contributed by atoms with E-state index in [1.165, 1.54) is 49.8 Å². The summed E-state index contributed by atoms with van der Waals surface area (Å²) >= 11 is 3.50. The van der Waals surface area contributed by atoms with Crippen LogP contribution in [0.3, 0.4) is 0 Å². The van der Waals surface area contributed by atoms with Gasteiger partial charge in [0.25, 0.3) is 5.91 Å². The fourth-order valence-corrected chi connectivity index (χ4v) is 5.44. The number of hydrogen-bond acceptors (Lipinski definition) is 2. The highest BCUT2D eigenvalue weighted by Crippen LogP contribution is 2.54. The number of hydrogen-bond donors (Lipinski definition) is 1. The molecule has 2 saturated carbocycles. The normalized spacial score (nSPS) is 24.7. The van der Waals surface area contributed by atoms with E-state index < -0.39 is 0 Å². The Morgan fingerprint density at radius 1 is 1.04 bits per heavy atom. The van der Waals surface area contributed by atoms with Crippen molar-refractivity contribution >= 4 is 21.8 Å². The Balaban J connectivity index is 1.52. The molecular weight excluding hydrogens is 390 g/mol. The SMILES string of the molecule is O=C(NC1CCCCC1)c1nn(-c2ccc(Br)cc2)c2c1[C@H]1CC[C@H]2C1. The molecule has 1 N–H and O–H groups in total. The third kappa shape index (κ3) is 2.72. The molecule has 1 aromatic carbocycles. The van der Waals surface area contributed by atoms with Crippen molar-refractivity contribution < 1.29 is 4.79 Å². The monoisotopic (exact) mass is 413 g/mol. The Labute approximate surface area is 162 Å². The number of benzene rings is 1. The van der Waals surface area contributed by atoms with E-state index in [-0.39, 0.29) is 5.91 Å². The van der Waals surface area contributed by atoms with Gasteiger partial charge in [0, 0.05) is 22.0 Å². The van der Waals surface area contributed by atoms with Crippen LogP contribution in [-0.2, 0) is 0 Å². The lowest BCUT2D eigenvalue weighted by molar-refractivity contribution is 0.0921. The third-order valence-electron chi connectivity index (χ3n) is 6.41. The molecule has 0 aliphatic heterocycles. The number of aromatic nitrogens is 2. The van der Waals surface area contributed by atoms with E-state index in [9.17, 15) is 4.79 Å². The molecule has 1 aromatic heterocycles. The maximum absolute atomic E-state index is 13.1. The first-order valence-electron chi connectivity index (χ1n) is 9.90. The van der Waals surface area contributed by atoms with E-state index in [1.54, 1.807) is 0 Å². The van der Waals surface area contributed by atoms with Crippen molar-refractivity contribution in [2.45, 2.75) is 69.2 Å². The minimum atomic E-state index is 0.0385. The van der Waals surface area contributed by atoms with Gasteiger partial charge in [-0.3, -0.25) is 4.79 Å². The second kappa shape index (κ2) is 6.52. The first kappa shape index (κ1) is 16.5. The second-order valence-electron chi connectivity index (χ2n) is 8.05. The smallest absolute Gasteiger partial charge is 0.272 e. The second-order valence-corrected chi connectivity index (χ2v) is 8.97. The molecule has 0 unspecified atom stereocenters. The van der Waals surface area contributed by atoms with Gasteiger partial charge in [-0.2, -0.15) is 5.10 Å². The van der Waals surface area contributed by atoms with Crippen molar-refractivity contribution in [1.82, 2.24) is 15.1 Å². The van der Waals surface area contributed by atoms with E-state index in [2.05, 4.69) is 33.4 Å². The maximum Gasteiger partial charge on any atom is 0.272 e. The van der Waals surface area contributed by atoms with Gasteiger partial charge in [-0.05, 0) is 62.3 Å². The van der Waals surface area contributed by atoms with E-state index in [4.69, 9.17) is 5.10 Å². The van der Waals surface area contributed by atoms with Gasteiger partial charge in [0.2, 0.25) is 0 Å². The summed E-state index contributed by atoms with van der Waals surface area (Å²) in [4.78, 5) is 13.1. The largest absolute Gasteiger partial charge is 0.348 e. The minimum absolute atomic E-state index is 0.0385. The van der Waals surface area contributed by atoms with Crippen LogP contribution in [0, 0.1) is 0 Å². The number of halogens is 1. The quantitative estimate of drug-likeness (QED) is 0.763. The Hall–Kier alpha value is -1.62. The molecule has 0 spiro atoms. The molecule has 26 heavy (non-hydrogen) atoms. The van der Waals surface area contributed by atoms with Gasteiger partial charge in [0.15, 0.2) is 5.69 Å². The number of fused-ring (bicyclic) bond motifs is 5. The molecule has 1 heterocycles. The number of carbonyl (C=O) groups excluding carboxylic acids is 1. The summed E-state index contributed by atoms with van der Waals surface area (Å²) in [6.07, 6.45) is 9.57. The van der Waals surface area contributed by atoms with Crippen molar-refractivity contribution in [2.24, 2.45) is 0 Å². The lowest BCUT2D eigenvalue weighted by Gasteiger charge is -2.22. The fourth-order valence-electron chi connectivity index (χ4n) is 5.18. The molecule has 2 atom stereocenters. The zero-order valence-electron chi connectivity index (χ0n) is 14.9. The predicted octanol–water partition coefficient (Wildman–Crippen LogP) is 5.06. The van der Waals surface area contributed by atoms with Gasteiger partial charge in [0.1, 0.15) is 0 Å². The van der Waals surface area contributed by atoms with Gasteiger partial charge in [0.05, 0.1) is 11.4 Å². The molecule has 2 bridgehead atoms. The van der Waals surface area contributed by atoms with Crippen LogP contribution in [-0.4, -0.2) is 21.7 Å². The van der Waals surface area contributed by atoms with Crippen LogP contribution < -0.4 is 5.32 Å². The maximum atomic E-state index is 13.1. The Morgan fingerprint density at radius 2 is 1.77 bits per heavy atom. The van der Waals surface area contributed by atoms with Gasteiger partial charge in [-0.1, -0.05) is 35.2 Å². The van der Waals surface area contributed by atoms with Crippen LogP contribution in [0.15, 0.2) is 28.7 Å². The molecule has 2 fully saturated rings. The minimum Gasteiger partial charge on any atom is -0.348 e. The number of amides is 1. The third-order valence-corrected chi connectivity index (χ3v) is 6.94. The molecule has 5 heteroatoms. The average molecular weight is 414 g/mol. The molecule has 0 saturated heterocycles. The summed E-state index contributed by atoms with van der Waals surface area (Å²) in [6, 6.07) is 8.55. The topological polar surface area (TPSA) is 46.9 Å². The van der Waals surface area contributed by atoms with Gasteiger partial charge in [-0.15, -0.1) is 0 Å². The molecule has 2 aromatic rings. The first-order valence-corrected chi connectivity index (χ1v) is 10.7. The van der Waals surface area contributed by atoms with Gasteiger partial charge < -0.3 is 5.32 Å². The zero-order valence-corrected chi connectivity index (χ0v) is 16.5. The lowest BCUT2D eigenvalue weighted by Crippen LogP contribution is -2.36. The van der Waals surface area contributed by atoms with E-state index in [0.717, 1.165) is 23.0 Å². The van der Waals surface area contributed by atoms with Crippen molar-refractivity contribution in [3.63, 3.8) is 0 Å². The fraction of sp³-hybridized carbons (Fsp3) is 0.524. The Bertz CT molecular complexity index is 836. The molecule has 0 radical (unpaired) electrons. The highest BCUT2D eigenvalue weighted by Gasteiger charge is 2.44. The van der Waals surface area contributed by atoms with Crippen molar-refractivity contribution in [3.05, 3.63) is 45.7 Å². The summed E-state index contributed by atoms with van der Waals surface area (Å²) in [7, 11) is 0. The number of rotatable bonds is 3. The van der Waals surface area contributed by atoms with E-state index in [0.29, 0.717) is 23.6 Å². The number of carbonyl (C=O) groups is 1. The highest BCUT2D eigenvalue weighted by molar-refractivity contribution is 9.10. The molecular formula is C21H24BrN3O. The van der Waals surface area contributed by atoms with Crippen molar-refractivity contribution in [3.8, 4) is 5.69 Å². The first-order chi connectivity index (χ1) is 12.7. The number of nitrogens with zero attached hydrogens (tertiary/aromatic N) is 2. The van der Waals surface area contributed by atoms with E-state index >= 15 is 0 Å². The van der Waals surface area contributed by atoms with Gasteiger partial charge >= 0.3 is 0 Å². The standard InChI is InChI=1S/C21H24BrN3O/c22-15-8-10-17(11-9-15)25-20-14-7-6-13(12-14)18(20)19(24-25)21(26)23-16-4-2-1-3-5-16/h8-11,13-14,16H,1-7,12H2,(H,23,26)/t13-,14-/m0/s1. The van der Waals surface area contributed by atoms with Crippen LogP contribution in [0.2, 0.25) is 0 Å². The summed E-state index contributed by atoms with van der Waals surface area (Å²) in [6.45, 7) is 0. The van der Waals surface area contributed by atoms with Crippen LogP contribution in [0.4, 0.5) is 0 Å². The molecule has 136 valence electrons. The highest BCUT2D eigenvalue weighted by atomic mass is 79.9. The Kier molecular flexibility index (Phi) is 4.15.